The average Bonchev–Trinajstić information content (AvgIpc) is 2.45. The third-order valence-electron chi connectivity index (χ3n) is 2.56. The molecule has 1 atom stereocenters. The van der Waals surface area contributed by atoms with E-state index in [2.05, 4.69) is 15.9 Å². The van der Waals surface area contributed by atoms with Crippen LogP contribution in [-0.4, -0.2) is 24.4 Å². The van der Waals surface area contributed by atoms with E-state index in [1.54, 1.807) is 24.3 Å². The summed E-state index contributed by atoms with van der Waals surface area (Å²) in [6.07, 6.45) is -0.702. The van der Waals surface area contributed by atoms with E-state index in [1.807, 2.05) is 24.3 Å². The van der Waals surface area contributed by atoms with E-state index in [4.69, 9.17) is 15.2 Å². The number of anilines is 1. The van der Waals surface area contributed by atoms with E-state index < -0.39 is 6.10 Å². The fourth-order valence-corrected chi connectivity index (χ4v) is 1.93. The third-order valence-corrected chi connectivity index (χ3v) is 3.05. The number of nitrogen functional groups attached to an aromatic ring is 1. The maximum absolute atomic E-state index is 9.81. The molecule has 0 amide bonds. The Morgan fingerprint density at radius 1 is 1.00 bits per heavy atom. The summed E-state index contributed by atoms with van der Waals surface area (Å²) in [7, 11) is 0. The van der Waals surface area contributed by atoms with Crippen LogP contribution in [0.25, 0.3) is 0 Å². The lowest BCUT2D eigenvalue weighted by Crippen LogP contribution is -2.25. The van der Waals surface area contributed by atoms with Crippen LogP contribution in [0.5, 0.6) is 11.5 Å². The Kier molecular flexibility index (Phi) is 5.26. The molecule has 0 heterocycles. The molecule has 1 unspecified atom stereocenters. The second kappa shape index (κ2) is 7.17. The molecule has 0 aromatic heterocycles. The van der Waals surface area contributed by atoms with Crippen molar-refractivity contribution in [2.24, 2.45) is 0 Å². The Morgan fingerprint density at radius 3 is 2.30 bits per heavy atom. The number of aliphatic hydroxyl groups is 1. The van der Waals surface area contributed by atoms with E-state index in [1.165, 1.54) is 0 Å². The van der Waals surface area contributed by atoms with Gasteiger partial charge in [-0.2, -0.15) is 0 Å². The SMILES string of the molecule is Nc1ccc(OCC(O)COc2cccc(Br)c2)cc1. The van der Waals surface area contributed by atoms with Gasteiger partial charge in [0.2, 0.25) is 0 Å². The zero-order chi connectivity index (χ0) is 14.4. The van der Waals surface area contributed by atoms with E-state index in [9.17, 15) is 5.11 Å². The topological polar surface area (TPSA) is 64.7 Å². The summed E-state index contributed by atoms with van der Waals surface area (Å²) in [5.74, 6) is 1.37. The number of nitrogens with two attached hydrogens (primary N) is 1. The highest BCUT2D eigenvalue weighted by Crippen LogP contribution is 2.18. The summed E-state index contributed by atoms with van der Waals surface area (Å²) in [4.78, 5) is 0. The first-order valence-corrected chi connectivity index (χ1v) is 6.97. The molecule has 3 N–H and O–H groups in total. The van der Waals surface area contributed by atoms with Gasteiger partial charge in [0.25, 0.3) is 0 Å². The summed E-state index contributed by atoms with van der Waals surface area (Å²) in [5, 5.41) is 9.81. The minimum atomic E-state index is -0.702. The first-order chi connectivity index (χ1) is 9.63. The Labute approximate surface area is 126 Å². The minimum Gasteiger partial charge on any atom is -0.491 e. The fourth-order valence-electron chi connectivity index (χ4n) is 1.55. The molecule has 0 saturated heterocycles. The lowest BCUT2D eigenvalue weighted by molar-refractivity contribution is 0.0626. The van der Waals surface area contributed by atoms with E-state index in [0.29, 0.717) is 17.2 Å². The van der Waals surface area contributed by atoms with Crippen LogP contribution in [-0.2, 0) is 0 Å². The molecular formula is C15H16BrNO3. The van der Waals surface area contributed by atoms with Gasteiger partial charge >= 0.3 is 0 Å². The fraction of sp³-hybridized carbons (Fsp3) is 0.200. The number of hydrogen-bond donors (Lipinski definition) is 2. The maximum Gasteiger partial charge on any atom is 0.122 e. The third kappa shape index (κ3) is 4.75. The highest BCUT2D eigenvalue weighted by molar-refractivity contribution is 9.10. The largest absolute Gasteiger partial charge is 0.491 e. The highest BCUT2D eigenvalue weighted by Gasteiger charge is 2.07. The van der Waals surface area contributed by atoms with Crippen LogP contribution in [0.4, 0.5) is 5.69 Å². The molecule has 0 spiro atoms. The van der Waals surface area contributed by atoms with E-state index in [0.717, 1.165) is 4.47 Å². The number of aliphatic hydroxyl groups excluding tert-OH is 1. The zero-order valence-corrected chi connectivity index (χ0v) is 12.4. The Hall–Kier alpha value is -1.72. The maximum atomic E-state index is 9.81. The van der Waals surface area contributed by atoms with Crippen LogP contribution in [0.15, 0.2) is 53.0 Å². The lowest BCUT2D eigenvalue weighted by atomic mass is 10.3. The standard InChI is InChI=1S/C15H16BrNO3/c16-11-2-1-3-15(8-11)20-10-13(18)9-19-14-6-4-12(17)5-7-14/h1-8,13,18H,9-10,17H2. The average molecular weight is 338 g/mol. The van der Waals surface area contributed by atoms with Crippen LogP contribution < -0.4 is 15.2 Å². The van der Waals surface area contributed by atoms with Crippen LogP contribution >= 0.6 is 15.9 Å². The van der Waals surface area contributed by atoms with Crippen LogP contribution in [0.1, 0.15) is 0 Å². The molecule has 0 aliphatic heterocycles. The summed E-state index contributed by atoms with van der Waals surface area (Å²) >= 11 is 3.36. The molecule has 2 aromatic rings. The quantitative estimate of drug-likeness (QED) is 0.795. The molecule has 0 bridgehead atoms. The number of ether oxygens (including phenoxy) is 2. The molecule has 0 saturated carbocycles. The first kappa shape index (κ1) is 14.7. The van der Waals surface area contributed by atoms with E-state index >= 15 is 0 Å². The van der Waals surface area contributed by atoms with Crippen LogP contribution in [0.3, 0.4) is 0 Å². The van der Waals surface area contributed by atoms with Gasteiger partial charge in [0.15, 0.2) is 0 Å². The predicted molar refractivity (Wildman–Crippen MR) is 82.0 cm³/mol. The van der Waals surface area contributed by atoms with Gasteiger partial charge in [0, 0.05) is 10.2 Å². The first-order valence-electron chi connectivity index (χ1n) is 6.18. The molecule has 0 fully saturated rings. The summed E-state index contributed by atoms with van der Waals surface area (Å²) in [6, 6.07) is 14.5. The van der Waals surface area contributed by atoms with Crippen molar-refractivity contribution in [3.05, 3.63) is 53.0 Å². The van der Waals surface area contributed by atoms with Gasteiger partial charge in [0.05, 0.1) is 0 Å². The number of rotatable bonds is 6. The predicted octanol–water partition coefficient (Wildman–Crippen LogP) is 2.85. The highest BCUT2D eigenvalue weighted by atomic mass is 79.9. The molecule has 106 valence electrons. The van der Waals surface area contributed by atoms with Crippen LogP contribution in [0.2, 0.25) is 0 Å². The van der Waals surface area contributed by atoms with Crippen molar-refractivity contribution >= 4 is 21.6 Å². The summed E-state index contributed by atoms with van der Waals surface area (Å²) < 4.78 is 11.8. The van der Waals surface area contributed by atoms with Crippen molar-refractivity contribution in [2.75, 3.05) is 18.9 Å². The van der Waals surface area contributed by atoms with Gasteiger partial charge in [-0.1, -0.05) is 22.0 Å². The second-order valence-corrected chi connectivity index (χ2v) is 5.22. The Bertz CT molecular complexity index is 545. The molecule has 2 rings (SSSR count). The molecule has 2 aromatic carbocycles. The molecular weight excluding hydrogens is 322 g/mol. The molecule has 0 aliphatic rings. The van der Waals surface area contributed by atoms with Crippen molar-refractivity contribution in [3.63, 3.8) is 0 Å². The van der Waals surface area contributed by atoms with Gasteiger partial charge in [-0.05, 0) is 42.5 Å². The summed E-state index contributed by atoms with van der Waals surface area (Å²) in [5.41, 5.74) is 6.25. The molecule has 0 radical (unpaired) electrons. The summed E-state index contributed by atoms with van der Waals surface area (Å²) in [6.45, 7) is 0.337. The van der Waals surface area contributed by atoms with Gasteiger partial charge in [-0.25, -0.2) is 0 Å². The Balaban J connectivity index is 1.75. The Morgan fingerprint density at radius 2 is 1.65 bits per heavy atom. The minimum absolute atomic E-state index is 0.165. The van der Waals surface area contributed by atoms with Crippen molar-refractivity contribution < 1.29 is 14.6 Å². The van der Waals surface area contributed by atoms with E-state index in [-0.39, 0.29) is 13.2 Å². The van der Waals surface area contributed by atoms with Crippen molar-refractivity contribution in [2.45, 2.75) is 6.10 Å². The normalized spacial score (nSPS) is 11.9. The molecule has 0 aliphatic carbocycles. The van der Waals surface area contributed by atoms with Gasteiger partial charge in [-0.15, -0.1) is 0 Å². The van der Waals surface area contributed by atoms with Crippen molar-refractivity contribution in [1.82, 2.24) is 0 Å². The lowest BCUT2D eigenvalue weighted by Gasteiger charge is -2.13. The molecule has 5 heteroatoms. The smallest absolute Gasteiger partial charge is 0.122 e. The molecule has 4 nitrogen and oxygen atoms in total. The number of halogens is 1. The van der Waals surface area contributed by atoms with Gasteiger partial charge in [0.1, 0.15) is 30.8 Å². The molecule has 20 heavy (non-hydrogen) atoms. The van der Waals surface area contributed by atoms with Gasteiger partial charge < -0.3 is 20.3 Å². The van der Waals surface area contributed by atoms with Crippen molar-refractivity contribution in [3.8, 4) is 11.5 Å². The number of hydrogen-bond acceptors (Lipinski definition) is 4. The zero-order valence-electron chi connectivity index (χ0n) is 10.8. The number of benzene rings is 2. The van der Waals surface area contributed by atoms with Gasteiger partial charge in [-0.3, -0.25) is 0 Å². The van der Waals surface area contributed by atoms with Crippen molar-refractivity contribution in [1.29, 1.82) is 0 Å². The van der Waals surface area contributed by atoms with Crippen LogP contribution in [0, 0.1) is 0 Å². The second-order valence-electron chi connectivity index (χ2n) is 4.30. The monoisotopic (exact) mass is 337 g/mol.